The molecule has 0 saturated carbocycles. The Bertz CT molecular complexity index is 1400. The second-order valence-electron chi connectivity index (χ2n) is 9.87. The van der Waals surface area contributed by atoms with Gasteiger partial charge in [-0.05, 0) is 67.6 Å². The number of fused-ring (bicyclic) bond motifs is 10. The van der Waals surface area contributed by atoms with Crippen molar-refractivity contribution in [2.45, 2.75) is 38.1 Å². The first kappa shape index (κ1) is 26.0. The van der Waals surface area contributed by atoms with E-state index in [1.807, 2.05) is 24.3 Å². The van der Waals surface area contributed by atoms with Crippen LogP contribution in [0.2, 0.25) is 0 Å². The van der Waals surface area contributed by atoms with E-state index in [-0.39, 0.29) is 31.1 Å². The topological polar surface area (TPSA) is 124 Å². The minimum atomic E-state index is -0.759. The fraction of sp³-hybridized carbons (Fsp3) is 0.357. The molecule has 2 unspecified atom stereocenters. The summed E-state index contributed by atoms with van der Waals surface area (Å²) in [7, 11) is 0. The Hall–Kier alpha value is -4.59. The lowest BCUT2D eigenvalue weighted by Crippen LogP contribution is -2.45. The van der Waals surface area contributed by atoms with Gasteiger partial charge in [-0.3, -0.25) is 14.4 Å². The van der Waals surface area contributed by atoms with Crippen LogP contribution < -0.4 is 5.32 Å². The fourth-order valence-electron chi connectivity index (χ4n) is 4.98. The lowest BCUT2D eigenvalue weighted by Gasteiger charge is -2.26. The summed E-state index contributed by atoms with van der Waals surface area (Å²) in [5.41, 5.74) is 2.41. The first-order valence-corrected chi connectivity index (χ1v) is 13.0. The molecule has 0 radical (unpaired) electrons. The summed E-state index contributed by atoms with van der Waals surface area (Å²) in [5.74, 6) is -2.03. The average molecular weight is 530 g/mol. The molecule has 3 amide bonds. The molecule has 200 valence electrons. The summed E-state index contributed by atoms with van der Waals surface area (Å²) in [6, 6.07) is 14.7. The maximum absolute atomic E-state index is 13.5. The molecule has 10 nitrogen and oxygen atoms in total. The third kappa shape index (κ3) is 5.95. The number of carbonyl (C=O) groups excluding carboxylic acids is 3. The van der Waals surface area contributed by atoms with Gasteiger partial charge in [0.15, 0.2) is 5.69 Å². The van der Waals surface area contributed by atoms with Gasteiger partial charge in [0.1, 0.15) is 18.4 Å². The van der Waals surface area contributed by atoms with Crippen molar-refractivity contribution in [2.24, 2.45) is 5.92 Å². The SMILES string of the molecule is N#CC1CC2CN1C(=O)CN(C(=O)c1cn(-c3ccc(F)cc3)nn1)CCCCCc1ccc(cc1)NC2=O. The third-order valence-corrected chi connectivity index (χ3v) is 7.17. The number of anilines is 1. The summed E-state index contributed by atoms with van der Waals surface area (Å²) < 4.78 is 14.7. The van der Waals surface area contributed by atoms with Crippen molar-refractivity contribution in [2.75, 3.05) is 25.0 Å². The monoisotopic (exact) mass is 529 g/mol. The lowest BCUT2D eigenvalue weighted by molar-refractivity contribution is -0.132. The highest BCUT2D eigenvalue weighted by molar-refractivity contribution is 5.96. The van der Waals surface area contributed by atoms with Gasteiger partial charge in [0.25, 0.3) is 5.91 Å². The first-order chi connectivity index (χ1) is 18.9. The zero-order valence-electron chi connectivity index (χ0n) is 21.3. The van der Waals surface area contributed by atoms with Crippen LogP contribution in [0.1, 0.15) is 41.7 Å². The fourth-order valence-corrected chi connectivity index (χ4v) is 4.98. The summed E-state index contributed by atoms with van der Waals surface area (Å²) in [6.07, 6.45) is 4.94. The first-order valence-electron chi connectivity index (χ1n) is 13.0. The molecule has 2 atom stereocenters. The molecular weight excluding hydrogens is 501 g/mol. The molecule has 3 aromatic rings. The molecule has 1 fully saturated rings. The van der Waals surface area contributed by atoms with Gasteiger partial charge in [0.2, 0.25) is 11.8 Å². The number of nitriles is 1. The normalized spacial score (nSPS) is 20.4. The average Bonchev–Trinajstić information content (AvgIpc) is 3.61. The van der Waals surface area contributed by atoms with Crippen molar-refractivity contribution in [3.63, 3.8) is 0 Å². The molecule has 3 aliphatic heterocycles. The Morgan fingerprint density at radius 2 is 1.82 bits per heavy atom. The lowest BCUT2D eigenvalue weighted by atomic mass is 10.0. The minimum absolute atomic E-state index is 0.0494. The van der Waals surface area contributed by atoms with Gasteiger partial charge in [0.05, 0.1) is 23.9 Å². The van der Waals surface area contributed by atoms with Crippen molar-refractivity contribution in [1.82, 2.24) is 24.8 Å². The highest BCUT2D eigenvalue weighted by atomic mass is 19.1. The number of hydrogen-bond donors (Lipinski definition) is 1. The van der Waals surface area contributed by atoms with Crippen LogP contribution in [0.15, 0.2) is 54.7 Å². The zero-order chi connectivity index (χ0) is 27.4. The van der Waals surface area contributed by atoms with Gasteiger partial charge < -0.3 is 15.1 Å². The summed E-state index contributed by atoms with van der Waals surface area (Å²) in [5, 5.41) is 20.6. The van der Waals surface area contributed by atoms with Crippen LogP contribution in [-0.2, 0) is 16.0 Å². The van der Waals surface area contributed by atoms with Crippen LogP contribution in [0.4, 0.5) is 10.1 Å². The van der Waals surface area contributed by atoms with Crippen LogP contribution in [0.3, 0.4) is 0 Å². The standard InChI is InChI=1S/C28H28FN7O3/c29-21-7-11-23(12-8-21)36-17-25(32-33-36)28(39)34-13-3-1-2-4-19-5-9-22(10-6-19)31-27(38)20-14-24(15-30)35(16-20)26(37)18-34/h5-12,17,20,24H,1-4,13-14,16,18H2,(H,31,38). The van der Waals surface area contributed by atoms with Gasteiger partial charge in [-0.15, -0.1) is 5.10 Å². The van der Waals surface area contributed by atoms with Crippen LogP contribution in [0.25, 0.3) is 5.69 Å². The second kappa shape index (κ2) is 11.4. The van der Waals surface area contributed by atoms with Crippen molar-refractivity contribution < 1.29 is 18.8 Å². The minimum Gasteiger partial charge on any atom is -0.328 e. The van der Waals surface area contributed by atoms with Crippen LogP contribution in [-0.4, -0.2) is 68.2 Å². The smallest absolute Gasteiger partial charge is 0.276 e. The molecule has 1 saturated heterocycles. The largest absolute Gasteiger partial charge is 0.328 e. The Morgan fingerprint density at radius 3 is 2.56 bits per heavy atom. The van der Waals surface area contributed by atoms with Crippen LogP contribution >= 0.6 is 0 Å². The van der Waals surface area contributed by atoms with Crippen molar-refractivity contribution in [3.8, 4) is 11.8 Å². The summed E-state index contributed by atoms with van der Waals surface area (Å²) >= 11 is 0. The highest BCUT2D eigenvalue weighted by Gasteiger charge is 2.39. The van der Waals surface area contributed by atoms with Crippen molar-refractivity contribution in [1.29, 1.82) is 5.26 Å². The molecule has 3 aliphatic rings. The molecule has 0 spiro atoms. The number of nitrogens with zero attached hydrogens (tertiary/aromatic N) is 6. The summed E-state index contributed by atoms with van der Waals surface area (Å²) in [6.45, 7) is 0.179. The molecule has 2 aromatic carbocycles. The molecule has 11 heteroatoms. The van der Waals surface area contributed by atoms with E-state index in [2.05, 4.69) is 21.7 Å². The number of amides is 3. The number of halogens is 1. The van der Waals surface area contributed by atoms with E-state index in [1.54, 1.807) is 0 Å². The summed E-state index contributed by atoms with van der Waals surface area (Å²) in [4.78, 5) is 42.6. The molecule has 1 N–H and O–H groups in total. The quantitative estimate of drug-likeness (QED) is 0.544. The highest BCUT2D eigenvalue weighted by Crippen LogP contribution is 2.25. The number of aromatic nitrogens is 3. The van der Waals surface area contributed by atoms with Crippen LogP contribution in [0, 0.1) is 23.1 Å². The molecule has 1 aromatic heterocycles. The molecule has 6 rings (SSSR count). The van der Waals surface area contributed by atoms with Crippen LogP contribution in [0.5, 0.6) is 0 Å². The van der Waals surface area contributed by atoms with E-state index in [4.69, 9.17) is 0 Å². The van der Waals surface area contributed by atoms with E-state index in [0.717, 1.165) is 24.8 Å². The van der Waals surface area contributed by atoms with Gasteiger partial charge in [-0.1, -0.05) is 23.8 Å². The molecule has 4 heterocycles. The molecule has 39 heavy (non-hydrogen) atoms. The zero-order valence-corrected chi connectivity index (χ0v) is 21.3. The van der Waals surface area contributed by atoms with Gasteiger partial charge >= 0.3 is 0 Å². The van der Waals surface area contributed by atoms with E-state index in [0.29, 0.717) is 24.3 Å². The van der Waals surface area contributed by atoms with E-state index >= 15 is 0 Å². The number of carbonyl (C=O) groups is 3. The van der Waals surface area contributed by atoms with Gasteiger partial charge in [-0.2, -0.15) is 5.26 Å². The number of rotatable bonds is 2. The Labute approximate surface area is 225 Å². The Morgan fingerprint density at radius 1 is 1.05 bits per heavy atom. The number of nitrogens with one attached hydrogen (secondary N) is 1. The van der Waals surface area contributed by atoms with Crippen molar-refractivity contribution in [3.05, 3.63) is 71.8 Å². The number of hydrogen-bond acceptors (Lipinski definition) is 6. The number of benzene rings is 2. The molecule has 4 bridgehead atoms. The van der Waals surface area contributed by atoms with Gasteiger partial charge in [-0.25, -0.2) is 9.07 Å². The maximum Gasteiger partial charge on any atom is 0.276 e. The van der Waals surface area contributed by atoms with E-state index in [9.17, 15) is 24.0 Å². The van der Waals surface area contributed by atoms with Crippen molar-refractivity contribution >= 4 is 23.4 Å². The number of aryl methyl sites for hydroxylation is 1. The Kier molecular flexibility index (Phi) is 7.63. The second-order valence-corrected chi connectivity index (χ2v) is 9.87. The molecular formula is C28H28FN7O3. The predicted octanol–water partition coefficient (Wildman–Crippen LogP) is 2.95. The van der Waals surface area contributed by atoms with E-state index < -0.39 is 29.6 Å². The van der Waals surface area contributed by atoms with E-state index in [1.165, 1.54) is 44.9 Å². The van der Waals surface area contributed by atoms with Gasteiger partial charge in [0, 0.05) is 18.8 Å². The maximum atomic E-state index is 13.5. The molecule has 0 aliphatic carbocycles. The third-order valence-electron chi connectivity index (χ3n) is 7.17. The Balaban J connectivity index is 1.37. The predicted molar refractivity (Wildman–Crippen MR) is 139 cm³/mol.